The number of carbonyl (C=O) groups excluding carboxylic acids is 1. The molecule has 0 saturated heterocycles. The van der Waals surface area contributed by atoms with Crippen molar-refractivity contribution in [2.24, 2.45) is 7.05 Å². The molecule has 0 radical (unpaired) electrons. The van der Waals surface area contributed by atoms with Crippen LogP contribution in [-0.4, -0.2) is 26.9 Å². The largest absolute Gasteiger partial charge is 0.347 e. The number of benzene rings is 2. The van der Waals surface area contributed by atoms with E-state index in [4.69, 9.17) is 0 Å². The maximum Gasteiger partial charge on any atom is 0.255 e. The second kappa shape index (κ2) is 6.89. The minimum absolute atomic E-state index is 0.0513. The molecule has 3 heterocycles. The number of amides is 1. The Kier molecular flexibility index (Phi) is 4.20. The number of pyridine rings is 1. The summed E-state index contributed by atoms with van der Waals surface area (Å²) in [6.45, 7) is 3.47. The van der Waals surface area contributed by atoms with E-state index in [9.17, 15) is 4.79 Å². The van der Waals surface area contributed by atoms with Crippen LogP contribution in [0.25, 0.3) is 22.0 Å². The van der Waals surface area contributed by atoms with Crippen LogP contribution in [0.3, 0.4) is 0 Å². The van der Waals surface area contributed by atoms with Crippen molar-refractivity contribution in [3.63, 3.8) is 0 Å². The zero-order valence-electron chi connectivity index (χ0n) is 16.7. The Balaban J connectivity index is 1.55. The summed E-state index contributed by atoms with van der Waals surface area (Å²) in [4.78, 5) is 19.0. The minimum Gasteiger partial charge on any atom is -0.347 e. The van der Waals surface area contributed by atoms with Gasteiger partial charge in [-0.25, -0.2) is 0 Å². The van der Waals surface area contributed by atoms with E-state index >= 15 is 0 Å². The van der Waals surface area contributed by atoms with Gasteiger partial charge in [0.25, 0.3) is 5.91 Å². The van der Waals surface area contributed by atoms with Crippen LogP contribution in [0, 0.1) is 6.92 Å². The minimum atomic E-state index is 0.0513. The van der Waals surface area contributed by atoms with Crippen molar-refractivity contribution in [1.82, 2.24) is 14.5 Å². The third kappa shape index (κ3) is 3.01. The zero-order valence-corrected chi connectivity index (χ0v) is 16.7. The van der Waals surface area contributed by atoms with Crippen LogP contribution in [0.2, 0.25) is 0 Å². The van der Waals surface area contributed by atoms with Gasteiger partial charge in [0, 0.05) is 61.1 Å². The van der Waals surface area contributed by atoms with E-state index in [-0.39, 0.29) is 5.91 Å². The number of aromatic nitrogens is 2. The Labute approximate surface area is 170 Å². The molecule has 0 spiro atoms. The van der Waals surface area contributed by atoms with Crippen LogP contribution in [0.15, 0.2) is 67.0 Å². The summed E-state index contributed by atoms with van der Waals surface area (Å²) in [5.41, 5.74) is 8.15. The van der Waals surface area contributed by atoms with E-state index in [2.05, 4.69) is 66.0 Å². The molecule has 29 heavy (non-hydrogen) atoms. The molecule has 0 aliphatic carbocycles. The molecule has 0 atom stereocenters. The molecule has 1 amide bonds. The first-order valence-electron chi connectivity index (χ1n) is 9.98. The van der Waals surface area contributed by atoms with Gasteiger partial charge >= 0.3 is 0 Å². The summed E-state index contributed by atoms with van der Waals surface area (Å²) in [6.07, 6.45) is 4.21. The number of fused-ring (bicyclic) bond motifs is 3. The molecule has 0 unspecified atom stereocenters. The average Bonchev–Trinajstić information content (AvgIpc) is 3.05. The van der Waals surface area contributed by atoms with E-state index in [0.29, 0.717) is 12.1 Å². The van der Waals surface area contributed by atoms with E-state index < -0.39 is 0 Å². The second-order valence-corrected chi connectivity index (χ2v) is 7.80. The van der Waals surface area contributed by atoms with Crippen molar-refractivity contribution in [3.8, 4) is 11.1 Å². The van der Waals surface area contributed by atoms with Crippen molar-refractivity contribution in [1.29, 1.82) is 0 Å². The molecule has 0 fully saturated rings. The smallest absolute Gasteiger partial charge is 0.255 e. The molecule has 1 aliphatic heterocycles. The summed E-state index contributed by atoms with van der Waals surface area (Å²) in [6, 6.07) is 19.0. The van der Waals surface area contributed by atoms with Crippen molar-refractivity contribution in [2.75, 3.05) is 6.54 Å². The lowest BCUT2D eigenvalue weighted by Gasteiger charge is -2.28. The van der Waals surface area contributed by atoms with Gasteiger partial charge in [0.1, 0.15) is 0 Å². The molecule has 1 aliphatic rings. The lowest BCUT2D eigenvalue weighted by Crippen LogP contribution is -2.36. The summed E-state index contributed by atoms with van der Waals surface area (Å²) >= 11 is 0. The number of hydrogen-bond donors (Lipinski definition) is 0. The highest BCUT2D eigenvalue weighted by atomic mass is 16.2. The van der Waals surface area contributed by atoms with Crippen LogP contribution >= 0.6 is 0 Å². The van der Waals surface area contributed by atoms with Crippen LogP contribution in [-0.2, 0) is 20.0 Å². The van der Waals surface area contributed by atoms with Gasteiger partial charge in [0.05, 0.1) is 5.56 Å². The first-order chi connectivity index (χ1) is 14.1. The molecular formula is C25H23N3O. The molecule has 0 N–H and O–H groups in total. The molecule has 4 heteroatoms. The number of aryl methyl sites for hydroxylation is 2. The van der Waals surface area contributed by atoms with Crippen LogP contribution in [0.5, 0.6) is 0 Å². The van der Waals surface area contributed by atoms with Crippen molar-refractivity contribution < 1.29 is 4.79 Å². The first-order valence-corrected chi connectivity index (χ1v) is 9.98. The number of hydrogen-bond acceptors (Lipinski definition) is 2. The van der Waals surface area contributed by atoms with Gasteiger partial charge in [-0.15, -0.1) is 0 Å². The van der Waals surface area contributed by atoms with E-state index in [1.807, 2.05) is 17.0 Å². The van der Waals surface area contributed by atoms with Gasteiger partial charge in [-0.1, -0.05) is 35.9 Å². The van der Waals surface area contributed by atoms with Gasteiger partial charge in [0.2, 0.25) is 0 Å². The zero-order chi connectivity index (χ0) is 20.0. The summed E-state index contributed by atoms with van der Waals surface area (Å²) in [7, 11) is 2.13. The van der Waals surface area contributed by atoms with E-state index in [1.165, 1.54) is 38.9 Å². The second-order valence-electron chi connectivity index (χ2n) is 7.80. The number of nitrogens with zero attached hydrogens (tertiary/aromatic N) is 3. The van der Waals surface area contributed by atoms with Gasteiger partial charge < -0.3 is 9.47 Å². The monoisotopic (exact) mass is 381 g/mol. The summed E-state index contributed by atoms with van der Waals surface area (Å²) in [5.74, 6) is 0.0513. The molecule has 2 aromatic carbocycles. The summed E-state index contributed by atoms with van der Waals surface area (Å²) in [5, 5.41) is 1.24. The fourth-order valence-corrected chi connectivity index (χ4v) is 4.35. The normalized spacial score (nSPS) is 13.5. The van der Waals surface area contributed by atoms with Gasteiger partial charge in [-0.05, 0) is 42.3 Å². The Hall–Kier alpha value is -3.40. The van der Waals surface area contributed by atoms with Crippen molar-refractivity contribution in [2.45, 2.75) is 19.9 Å². The standard InChI is InChI=1S/C25H23N3O/c1-17-5-7-18(8-6-17)19-9-10-23-21(14-19)22-16-28(13-11-24(22)27(23)2)25(29)20-4-3-12-26-15-20/h3-10,12,14-15H,11,13,16H2,1-2H3. The molecule has 2 aromatic heterocycles. The van der Waals surface area contributed by atoms with E-state index in [1.54, 1.807) is 12.4 Å². The Bertz CT molecular complexity index is 1210. The molecule has 0 bridgehead atoms. The molecular weight excluding hydrogens is 358 g/mol. The molecule has 0 saturated carbocycles. The summed E-state index contributed by atoms with van der Waals surface area (Å²) < 4.78 is 2.29. The highest BCUT2D eigenvalue weighted by Crippen LogP contribution is 2.33. The highest BCUT2D eigenvalue weighted by molar-refractivity contribution is 5.95. The van der Waals surface area contributed by atoms with E-state index in [0.717, 1.165) is 13.0 Å². The molecule has 144 valence electrons. The quantitative estimate of drug-likeness (QED) is 0.503. The number of rotatable bonds is 2. The predicted octanol–water partition coefficient (Wildman–Crippen LogP) is 4.75. The lowest BCUT2D eigenvalue weighted by molar-refractivity contribution is 0.0734. The topological polar surface area (TPSA) is 38.1 Å². The molecule has 4 nitrogen and oxygen atoms in total. The fraction of sp³-hybridized carbons (Fsp3) is 0.200. The molecule has 5 rings (SSSR count). The van der Waals surface area contributed by atoms with Crippen molar-refractivity contribution in [3.05, 3.63) is 89.4 Å². The highest BCUT2D eigenvalue weighted by Gasteiger charge is 2.26. The Morgan fingerprint density at radius 2 is 1.83 bits per heavy atom. The van der Waals surface area contributed by atoms with Crippen LogP contribution in [0.4, 0.5) is 0 Å². The average molecular weight is 381 g/mol. The fourth-order valence-electron chi connectivity index (χ4n) is 4.35. The number of carbonyl (C=O) groups is 1. The van der Waals surface area contributed by atoms with Crippen LogP contribution in [0.1, 0.15) is 27.2 Å². The third-order valence-electron chi connectivity index (χ3n) is 5.98. The van der Waals surface area contributed by atoms with Gasteiger partial charge in [-0.2, -0.15) is 0 Å². The molecule has 4 aromatic rings. The lowest BCUT2D eigenvalue weighted by atomic mass is 9.99. The SMILES string of the molecule is Cc1ccc(-c2ccc3c(c2)c2c(n3C)CCN(C(=O)c3cccnc3)C2)cc1. The first kappa shape index (κ1) is 17.7. The third-order valence-corrected chi connectivity index (χ3v) is 5.98. The maximum absolute atomic E-state index is 13.0. The van der Waals surface area contributed by atoms with Crippen molar-refractivity contribution >= 4 is 16.8 Å². The van der Waals surface area contributed by atoms with Gasteiger partial charge in [0.15, 0.2) is 0 Å². The van der Waals surface area contributed by atoms with Crippen LogP contribution < -0.4 is 0 Å². The Morgan fingerprint density at radius 3 is 2.59 bits per heavy atom. The maximum atomic E-state index is 13.0. The Morgan fingerprint density at radius 1 is 1.03 bits per heavy atom. The predicted molar refractivity (Wildman–Crippen MR) is 116 cm³/mol. The van der Waals surface area contributed by atoms with Gasteiger partial charge in [-0.3, -0.25) is 9.78 Å².